The first kappa shape index (κ1) is 20.1. The lowest BCUT2D eigenvalue weighted by molar-refractivity contribution is -0.384. The highest BCUT2D eigenvalue weighted by atomic mass is 16.6. The largest absolute Gasteiger partial charge is 0.496 e. The molecule has 10 nitrogen and oxygen atoms in total. The third-order valence-corrected chi connectivity index (χ3v) is 5.07. The Bertz CT molecular complexity index is 1310. The number of non-ortho nitro benzene ring substituents is 1. The number of aryl methyl sites for hydroxylation is 3. The summed E-state index contributed by atoms with van der Waals surface area (Å²) in [6.07, 6.45) is 3.53. The summed E-state index contributed by atoms with van der Waals surface area (Å²) >= 11 is 0. The fourth-order valence-electron chi connectivity index (χ4n) is 3.58. The van der Waals surface area contributed by atoms with Crippen LogP contribution in [0.15, 0.2) is 36.7 Å². The van der Waals surface area contributed by atoms with E-state index in [9.17, 15) is 14.9 Å². The number of amides is 1. The first-order valence-corrected chi connectivity index (χ1v) is 9.40. The minimum atomic E-state index is -0.457. The molecule has 0 saturated heterocycles. The summed E-state index contributed by atoms with van der Waals surface area (Å²) in [6.45, 7) is 3.43. The molecule has 0 spiro atoms. The zero-order valence-electron chi connectivity index (χ0n) is 17.4. The fourth-order valence-corrected chi connectivity index (χ4v) is 3.58. The van der Waals surface area contributed by atoms with Crippen molar-refractivity contribution in [2.24, 2.45) is 7.05 Å². The van der Waals surface area contributed by atoms with Crippen LogP contribution in [0, 0.1) is 24.0 Å². The van der Waals surface area contributed by atoms with Crippen molar-refractivity contribution in [3.8, 4) is 17.0 Å². The topological polar surface area (TPSA) is 128 Å². The molecule has 0 aliphatic carbocycles. The molecular formula is C21H20N6O4. The molecule has 0 aliphatic rings. The molecule has 0 unspecified atom stereocenters. The number of nitro groups is 1. The van der Waals surface area contributed by atoms with Crippen LogP contribution in [0.1, 0.15) is 21.5 Å². The number of nitrogens with one attached hydrogen (secondary N) is 2. The van der Waals surface area contributed by atoms with E-state index in [2.05, 4.69) is 20.6 Å². The first-order valence-electron chi connectivity index (χ1n) is 9.40. The minimum Gasteiger partial charge on any atom is -0.496 e. The van der Waals surface area contributed by atoms with Crippen LogP contribution >= 0.6 is 0 Å². The van der Waals surface area contributed by atoms with Gasteiger partial charge in [-0.3, -0.25) is 24.7 Å². The van der Waals surface area contributed by atoms with E-state index in [1.807, 2.05) is 13.2 Å². The van der Waals surface area contributed by atoms with Crippen molar-refractivity contribution in [3.05, 3.63) is 63.5 Å². The van der Waals surface area contributed by atoms with Gasteiger partial charge < -0.3 is 10.1 Å². The van der Waals surface area contributed by atoms with Gasteiger partial charge in [-0.15, -0.1) is 0 Å². The number of H-pyrrole nitrogens is 1. The molecule has 10 heteroatoms. The molecule has 0 saturated carbocycles. The summed E-state index contributed by atoms with van der Waals surface area (Å²) in [5.41, 5.74) is 4.21. The fraction of sp³-hybridized carbons (Fsp3) is 0.190. The van der Waals surface area contributed by atoms with Crippen LogP contribution in [0.3, 0.4) is 0 Å². The van der Waals surface area contributed by atoms with Gasteiger partial charge in [-0.25, -0.2) is 0 Å². The number of anilines is 1. The number of nitro benzene ring substituents is 1. The molecule has 0 bridgehead atoms. The number of ether oxygens (including phenoxy) is 1. The maximum absolute atomic E-state index is 13.2. The van der Waals surface area contributed by atoms with E-state index in [1.54, 1.807) is 36.9 Å². The van der Waals surface area contributed by atoms with Crippen LogP contribution < -0.4 is 10.1 Å². The highest BCUT2D eigenvalue weighted by Crippen LogP contribution is 2.33. The molecule has 4 aromatic rings. The van der Waals surface area contributed by atoms with Crippen LogP contribution in [0.25, 0.3) is 22.2 Å². The van der Waals surface area contributed by atoms with Crippen molar-refractivity contribution < 1.29 is 14.5 Å². The van der Waals surface area contributed by atoms with Gasteiger partial charge in [-0.1, -0.05) is 0 Å². The second-order valence-corrected chi connectivity index (χ2v) is 7.24. The van der Waals surface area contributed by atoms with Crippen molar-refractivity contribution >= 4 is 28.2 Å². The van der Waals surface area contributed by atoms with Crippen molar-refractivity contribution in [1.82, 2.24) is 20.0 Å². The van der Waals surface area contributed by atoms with E-state index in [1.165, 1.54) is 19.2 Å². The van der Waals surface area contributed by atoms with Gasteiger partial charge in [-0.2, -0.15) is 10.2 Å². The number of rotatable bonds is 5. The summed E-state index contributed by atoms with van der Waals surface area (Å²) in [6, 6.07) is 6.29. The molecule has 158 valence electrons. The molecule has 0 atom stereocenters. The third kappa shape index (κ3) is 3.59. The number of aromatic amines is 1. The van der Waals surface area contributed by atoms with Crippen molar-refractivity contribution in [2.75, 3.05) is 12.4 Å². The number of aromatic nitrogens is 4. The first-order chi connectivity index (χ1) is 14.8. The smallest absolute Gasteiger partial charge is 0.270 e. The Morgan fingerprint density at radius 2 is 1.94 bits per heavy atom. The molecule has 31 heavy (non-hydrogen) atoms. The zero-order valence-corrected chi connectivity index (χ0v) is 17.4. The van der Waals surface area contributed by atoms with Gasteiger partial charge in [-0.05, 0) is 31.0 Å². The number of fused-ring (bicyclic) bond motifs is 1. The van der Waals surface area contributed by atoms with Gasteiger partial charge in [0.25, 0.3) is 11.6 Å². The molecule has 2 N–H and O–H groups in total. The Morgan fingerprint density at radius 1 is 1.23 bits per heavy atom. The molecule has 0 radical (unpaired) electrons. The number of nitrogens with zero attached hydrogens (tertiary/aromatic N) is 4. The van der Waals surface area contributed by atoms with Gasteiger partial charge in [0.2, 0.25) is 0 Å². The molecule has 2 heterocycles. The summed E-state index contributed by atoms with van der Waals surface area (Å²) in [5.74, 6) is -0.0132. The maximum Gasteiger partial charge on any atom is 0.270 e. The van der Waals surface area contributed by atoms with E-state index in [0.717, 1.165) is 16.5 Å². The molecule has 1 amide bonds. The van der Waals surface area contributed by atoms with Gasteiger partial charge in [0.05, 0.1) is 29.3 Å². The molecule has 0 fully saturated rings. The number of hydrogen-bond donors (Lipinski definition) is 2. The lowest BCUT2D eigenvalue weighted by Gasteiger charge is -2.14. The van der Waals surface area contributed by atoms with E-state index < -0.39 is 10.8 Å². The highest BCUT2D eigenvalue weighted by Gasteiger charge is 2.20. The van der Waals surface area contributed by atoms with E-state index in [-0.39, 0.29) is 5.69 Å². The zero-order chi connectivity index (χ0) is 22.3. The number of carbonyl (C=O) groups excluding carboxylic acids is 1. The average Bonchev–Trinajstić information content (AvgIpc) is 3.34. The van der Waals surface area contributed by atoms with Crippen molar-refractivity contribution in [1.29, 1.82) is 0 Å². The Kier molecular flexibility index (Phi) is 4.90. The molecular weight excluding hydrogens is 400 g/mol. The van der Waals surface area contributed by atoms with Crippen LogP contribution in [-0.4, -0.2) is 37.9 Å². The second kappa shape index (κ2) is 7.56. The second-order valence-electron chi connectivity index (χ2n) is 7.24. The number of carbonyl (C=O) groups is 1. The normalized spacial score (nSPS) is 11.0. The van der Waals surface area contributed by atoms with Crippen molar-refractivity contribution in [2.45, 2.75) is 13.8 Å². The molecule has 0 aliphatic heterocycles. The van der Waals surface area contributed by atoms with Gasteiger partial charge in [0.15, 0.2) is 0 Å². The van der Waals surface area contributed by atoms with Gasteiger partial charge in [0.1, 0.15) is 11.4 Å². The Hall–Kier alpha value is -4.21. The number of methoxy groups -OCH3 is 1. The van der Waals surface area contributed by atoms with Crippen LogP contribution in [0.4, 0.5) is 11.4 Å². The van der Waals surface area contributed by atoms with Crippen molar-refractivity contribution in [3.63, 3.8) is 0 Å². The minimum absolute atomic E-state index is 0.0218. The van der Waals surface area contributed by atoms with Crippen LogP contribution in [0.2, 0.25) is 0 Å². The lowest BCUT2D eigenvalue weighted by Crippen LogP contribution is -2.15. The molecule has 2 aromatic heterocycles. The third-order valence-electron chi connectivity index (χ3n) is 5.07. The lowest BCUT2D eigenvalue weighted by atomic mass is 10.0. The average molecular weight is 420 g/mol. The number of hydrogen-bond acceptors (Lipinski definition) is 6. The Morgan fingerprint density at radius 3 is 2.52 bits per heavy atom. The predicted molar refractivity (Wildman–Crippen MR) is 115 cm³/mol. The van der Waals surface area contributed by atoms with Crippen LogP contribution in [-0.2, 0) is 7.05 Å². The van der Waals surface area contributed by atoms with E-state index in [0.29, 0.717) is 33.8 Å². The Balaban J connectivity index is 1.76. The number of benzene rings is 2. The molecule has 4 rings (SSSR count). The SMILES string of the molecule is COc1cc2[nH]nc(-c3cnn(C)c3)c2cc1C(=O)Nc1c(C)cc([N+](=O)[O-])cc1C. The Labute approximate surface area is 177 Å². The predicted octanol–water partition coefficient (Wildman–Crippen LogP) is 3.75. The summed E-state index contributed by atoms with van der Waals surface area (Å²) in [5, 5.41) is 26.2. The van der Waals surface area contributed by atoms with Gasteiger partial charge in [0, 0.05) is 48.1 Å². The quantitative estimate of drug-likeness (QED) is 0.374. The van der Waals surface area contributed by atoms with Crippen LogP contribution in [0.5, 0.6) is 5.75 Å². The monoisotopic (exact) mass is 420 g/mol. The standard InChI is InChI=1S/C21H20N6O4/c1-11-5-14(27(29)30)6-12(2)19(11)23-21(28)16-7-15-17(8-18(16)31-4)24-25-20(15)13-9-22-26(3)10-13/h5-10H,1-4H3,(H,23,28)(H,24,25). The van der Waals surface area contributed by atoms with E-state index in [4.69, 9.17) is 4.74 Å². The molecule has 2 aromatic carbocycles. The maximum atomic E-state index is 13.2. The summed E-state index contributed by atoms with van der Waals surface area (Å²) in [7, 11) is 3.30. The van der Waals surface area contributed by atoms with E-state index >= 15 is 0 Å². The highest BCUT2D eigenvalue weighted by molar-refractivity contribution is 6.10. The summed E-state index contributed by atoms with van der Waals surface area (Å²) < 4.78 is 7.10. The summed E-state index contributed by atoms with van der Waals surface area (Å²) in [4.78, 5) is 23.8. The van der Waals surface area contributed by atoms with Gasteiger partial charge >= 0.3 is 0 Å².